The Balaban J connectivity index is 2.16. The molecule has 2 aromatic carbocycles. The minimum atomic E-state index is 0.468. The van der Waals surface area contributed by atoms with Crippen molar-refractivity contribution in [3.63, 3.8) is 0 Å². The van der Waals surface area contributed by atoms with Crippen molar-refractivity contribution in [3.05, 3.63) is 69.2 Å². The van der Waals surface area contributed by atoms with Gasteiger partial charge < -0.3 is 0 Å². The van der Waals surface area contributed by atoms with Gasteiger partial charge >= 0.3 is 0 Å². The molecule has 0 amide bonds. The lowest BCUT2D eigenvalue weighted by Gasteiger charge is -2.18. The van der Waals surface area contributed by atoms with Crippen LogP contribution in [0.5, 0.6) is 0 Å². The maximum atomic E-state index is 6.21. The number of aryl methyl sites for hydroxylation is 2. The Morgan fingerprint density at radius 2 is 1.60 bits per heavy atom. The van der Waals surface area contributed by atoms with Gasteiger partial charge in [-0.2, -0.15) is 0 Å². The van der Waals surface area contributed by atoms with E-state index in [0.29, 0.717) is 11.8 Å². The Labute approximate surface area is 135 Å². The van der Waals surface area contributed by atoms with E-state index in [-0.39, 0.29) is 0 Å². The first kappa shape index (κ1) is 15.6. The molecule has 1 unspecified atom stereocenters. The lowest BCUT2D eigenvalue weighted by Crippen LogP contribution is -2.12. The van der Waals surface area contributed by atoms with Crippen LogP contribution in [0.25, 0.3) is 0 Å². The first-order valence-corrected chi connectivity index (χ1v) is 8.29. The molecule has 106 valence electrons. The Morgan fingerprint density at radius 1 is 0.950 bits per heavy atom. The van der Waals surface area contributed by atoms with Gasteiger partial charge in [-0.15, -0.1) is 11.6 Å². The number of halogens is 2. The molecule has 0 saturated heterocycles. The van der Waals surface area contributed by atoms with Gasteiger partial charge in [-0.05, 0) is 60.9 Å². The minimum absolute atomic E-state index is 0.468. The summed E-state index contributed by atoms with van der Waals surface area (Å²) in [4.78, 5) is 0. The predicted octanol–water partition coefficient (Wildman–Crippen LogP) is 5.71. The van der Waals surface area contributed by atoms with Crippen molar-refractivity contribution < 1.29 is 0 Å². The van der Waals surface area contributed by atoms with Crippen LogP contribution in [-0.4, -0.2) is 5.88 Å². The molecule has 0 radical (unpaired) electrons. The average Bonchev–Trinajstić information content (AvgIpc) is 2.44. The van der Waals surface area contributed by atoms with Crippen LogP contribution in [0.4, 0.5) is 0 Å². The second kappa shape index (κ2) is 7.28. The van der Waals surface area contributed by atoms with Crippen molar-refractivity contribution in [2.75, 3.05) is 5.88 Å². The molecule has 2 rings (SSSR count). The molecular weight excluding hydrogens is 332 g/mol. The fourth-order valence-electron chi connectivity index (χ4n) is 2.62. The summed E-state index contributed by atoms with van der Waals surface area (Å²) < 4.78 is 1.18. The highest BCUT2D eigenvalue weighted by molar-refractivity contribution is 9.10. The quantitative estimate of drug-likeness (QED) is 0.606. The Hall–Kier alpha value is -0.790. The highest BCUT2D eigenvalue weighted by atomic mass is 79.9. The summed E-state index contributed by atoms with van der Waals surface area (Å²) in [6.45, 7) is 4.37. The number of hydrogen-bond acceptors (Lipinski definition) is 0. The van der Waals surface area contributed by atoms with Crippen molar-refractivity contribution >= 4 is 27.5 Å². The van der Waals surface area contributed by atoms with E-state index in [1.165, 1.54) is 26.7 Å². The zero-order valence-corrected chi connectivity index (χ0v) is 14.3. The van der Waals surface area contributed by atoms with Crippen molar-refractivity contribution in [2.24, 2.45) is 5.92 Å². The summed E-state index contributed by atoms with van der Waals surface area (Å²) in [6, 6.07) is 14.9. The highest BCUT2D eigenvalue weighted by Gasteiger charge is 2.14. The van der Waals surface area contributed by atoms with E-state index >= 15 is 0 Å². The molecule has 2 aromatic rings. The molecule has 0 saturated carbocycles. The fourth-order valence-corrected chi connectivity index (χ4v) is 3.28. The molecule has 0 fully saturated rings. The van der Waals surface area contributed by atoms with E-state index < -0.39 is 0 Å². The number of rotatable bonds is 5. The fraction of sp³-hybridized carbons (Fsp3) is 0.333. The maximum absolute atomic E-state index is 6.21. The second-order valence-corrected chi connectivity index (χ2v) is 6.55. The van der Waals surface area contributed by atoms with Crippen LogP contribution in [0, 0.1) is 19.8 Å². The first-order chi connectivity index (χ1) is 9.61. The van der Waals surface area contributed by atoms with Crippen molar-refractivity contribution in [1.29, 1.82) is 0 Å². The maximum Gasteiger partial charge on any atom is 0.0258 e. The third kappa shape index (κ3) is 3.86. The van der Waals surface area contributed by atoms with E-state index in [1.54, 1.807) is 0 Å². The summed E-state index contributed by atoms with van der Waals surface area (Å²) in [6.07, 6.45) is 2.06. The van der Waals surface area contributed by atoms with Gasteiger partial charge in [0.25, 0.3) is 0 Å². The van der Waals surface area contributed by atoms with E-state index in [1.807, 2.05) is 0 Å². The zero-order valence-electron chi connectivity index (χ0n) is 12.0. The predicted molar refractivity (Wildman–Crippen MR) is 91.7 cm³/mol. The van der Waals surface area contributed by atoms with E-state index in [0.717, 1.165) is 12.8 Å². The summed E-state index contributed by atoms with van der Waals surface area (Å²) in [5.41, 5.74) is 5.52. The van der Waals surface area contributed by atoms with Crippen LogP contribution < -0.4 is 0 Å². The third-order valence-corrected chi connectivity index (χ3v) is 5.03. The molecule has 0 aliphatic carbocycles. The molecule has 0 heterocycles. The van der Waals surface area contributed by atoms with Crippen molar-refractivity contribution in [1.82, 2.24) is 0 Å². The molecule has 0 nitrogen and oxygen atoms in total. The Kier molecular flexibility index (Phi) is 5.68. The van der Waals surface area contributed by atoms with Gasteiger partial charge in [-0.1, -0.05) is 52.3 Å². The largest absolute Gasteiger partial charge is 0.126 e. The average molecular weight is 352 g/mol. The minimum Gasteiger partial charge on any atom is -0.126 e. The monoisotopic (exact) mass is 350 g/mol. The topological polar surface area (TPSA) is 0 Å². The van der Waals surface area contributed by atoms with Crippen LogP contribution in [-0.2, 0) is 12.8 Å². The smallest absolute Gasteiger partial charge is 0.0258 e. The standard InChI is InChI=1S/C18H20BrCl/c1-13-6-5-7-14(2)17(13)11-15(12-20)10-16-8-3-4-9-18(16)19/h3-9,15H,10-12H2,1-2H3. The molecule has 0 spiro atoms. The SMILES string of the molecule is Cc1cccc(C)c1CC(CCl)Cc1ccccc1Br. The van der Waals surface area contributed by atoms with E-state index in [4.69, 9.17) is 11.6 Å². The molecule has 1 atom stereocenters. The summed E-state index contributed by atoms with van der Waals surface area (Å²) >= 11 is 9.83. The van der Waals surface area contributed by atoms with Gasteiger partial charge in [-0.3, -0.25) is 0 Å². The lowest BCUT2D eigenvalue weighted by molar-refractivity contribution is 0.579. The van der Waals surface area contributed by atoms with Crippen LogP contribution in [0.1, 0.15) is 22.3 Å². The van der Waals surface area contributed by atoms with Crippen LogP contribution >= 0.6 is 27.5 Å². The molecule has 0 aliphatic heterocycles. The van der Waals surface area contributed by atoms with Crippen LogP contribution in [0.15, 0.2) is 46.9 Å². The van der Waals surface area contributed by atoms with E-state index in [9.17, 15) is 0 Å². The number of alkyl halides is 1. The summed E-state index contributed by atoms with van der Waals surface area (Å²) in [5, 5.41) is 0. The van der Waals surface area contributed by atoms with Crippen molar-refractivity contribution in [2.45, 2.75) is 26.7 Å². The van der Waals surface area contributed by atoms with Gasteiger partial charge in [0, 0.05) is 10.4 Å². The molecule has 2 heteroatoms. The molecule has 20 heavy (non-hydrogen) atoms. The van der Waals surface area contributed by atoms with Gasteiger partial charge in [0.1, 0.15) is 0 Å². The van der Waals surface area contributed by atoms with Gasteiger partial charge in [-0.25, -0.2) is 0 Å². The number of hydrogen-bond donors (Lipinski definition) is 0. The van der Waals surface area contributed by atoms with Crippen LogP contribution in [0.2, 0.25) is 0 Å². The third-order valence-electron chi connectivity index (χ3n) is 3.82. The Bertz CT molecular complexity index is 557. The first-order valence-electron chi connectivity index (χ1n) is 6.96. The molecule has 0 aromatic heterocycles. The second-order valence-electron chi connectivity index (χ2n) is 5.39. The van der Waals surface area contributed by atoms with Crippen molar-refractivity contribution in [3.8, 4) is 0 Å². The molecule has 0 bridgehead atoms. The summed E-state index contributed by atoms with van der Waals surface area (Å²) in [5.74, 6) is 1.16. The molecular formula is C18H20BrCl. The Morgan fingerprint density at radius 3 is 2.20 bits per heavy atom. The van der Waals surface area contributed by atoms with Gasteiger partial charge in [0.15, 0.2) is 0 Å². The molecule has 0 aliphatic rings. The summed E-state index contributed by atoms with van der Waals surface area (Å²) in [7, 11) is 0. The number of benzene rings is 2. The van der Waals surface area contributed by atoms with Gasteiger partial charge in [0.2, 0.25) is 0 Å². The zero-order chi connectivity index (χ0) is 14.5. The highest BCUT2D eigenvalue weighted by Crippen LogP contribution is 2.24. The normalized spacial score (nSPS) is 12.4. The molecule has 0 N–H and O–H groups in total. The lowest BCUT2D eigenvalue weighted by atomic mass is 9.90. The van der Waals surface area contributed by atoms with E-state index in [2.05, 4.69) is 72.2 Å². The van der Waals surface area contributed by atoms with Gasteiger partial charge in [0.05, 0.1) is 0 Å². The van der Waals surface area contributed by atoms with Crippen LogP contribution in [0.3, 0.4) is 0 Å².